The topological polar surface area (TPSA) is 6.48 Å². The molecule has 0 saturated carbocycles. The number of hydrogen-bond acceptors (Lipinski definition) is 2. The molecule has 13 rings (SSSR count). The van der Waals surface area contributed by atoms with Crippen LogP contribution in [0, 0.1) is 0 Å². The maximum Gasteiger partial charge on any atom is 0.0620 e. The Kier molecular flexibility index (Phi) is 10.9. The molecule has 0 amide bonds. The number of rotatable bonds is 10. The molecule has 0 aliphatic carbocycles. The zero-order valence-electron chi connectivity index (χ0n) is 39.6. The quantitative estimate of drug-likeness (QED) is 0.0996. The number of hydrogen-bond donors (Lipinski definition) is 0. The smallest absolute Gasteiger partial charge is 0.0620 e. The van der Waals surface area contributed by atoms with Gasteiger partial charge in [0.05, 0.1) is 11.4 Å². The van der Waals surface area contributed by atoms with E-state index in [1.54, 1.807) is 0 Å². The van der Waals surface area contributed by atoms with Crippen molar-refractivity contribution >= 4 is 77.2 Å². The average molecular weight is 917 g/mol. The van der Waals surface area contributed by atoms with Crippen LogP contribution in [0.5, 0.6) is 0 Å². The minimum atomic E-state index is 1.07. The average Bonchev–Trinajstić information content (AvgIpc) is 3.46. The van der Waals surface area contributed by atoms with Gasteiger partial charge in [0.25, 0.3) is 0 Å². The van der Waals surface area contributed by atoms with Crippen molar-refractivity contribution in [2.24, 2.45) is 0 Å². The van der Waals surface area contributed by atoms with Gasteiger partial charge in [-0.1, -0.05) is 231 Å². The fraction of sp³-hybridized carbons (Fsp3) is 0. The summed E-state index contributed by atoms with van der Waals surface area (Å²) >= 11 is 0. The van der Waals surface area contributed by atoms with Crippen molar-refractivity contribution in [3.05, 3.63) is 291 Å². The number of benzene rings is 13. The van der Waals surface area contributed by atoms with Crippen LogP contribution in [0.15, 0.2) is 291 Å². The van der Waals surface area contributed by atoms with Gasteiger partial charge in [-0.3, -0.25) is 0 Å². The molecule has 13 aromatic carbocycles. The molecule has 0 atom stereocenters. The lowest BCUT2D eigenvalue weighted by molar-refractivity contribution is 1.29. The van der Waals surface area contributed by atoms with Gasteiger partial charge in [-0.2, -0.15) is 0 Å². The Morgan fingerprint density at radius 3 is 0.903 bits per heavy atom. The van der Waals surface area contributed by atoms with Gasteiger partial charge in [0.15, 0.2) is 0 Å². The minimum Gasteiger partial charge on any atom is -0.309 e. The van der Waals surface area contributed by atoms with E-state index >= 15 is 0 Å². The highest BCUT2D eigenvalue weighted by Gasteiger charge is 2.27. The van der Waals surface area contributed by atoms with Gasteiger partial charge in [0, 0.05) is 44.3 Å². The Balaban J connectivity index is 1.10. The van der Waals surface area contributed by atoms with Crippen LogP contribution in [0.1, 0.15) is 0 Å². The summed E-state index contributed by atoms with van der Waals surface area (Å²) in [7, 11) is 0. The molecule has 0 fully saturated rings. The highest BCUT2D eigenvalue weighted by Crippen LogP contribution is 2.53. The molecular weight excluding hydrogens is 869 g/mol. The van der Waals surface area contributed by atoms with Crippen LogP contribution >= 0.6 is 0 Å². The second-order valence-electron chi connectivity index (χ2n) is 18.4. The van der Waals surface area contributed by atoms with E-state index in [0.717, 1.165) is 66.8 Å². The summed E-state index contributed by atoms with van der Waals surface area (Å²) in [6.45, 7) is 0. The lowest BCUT2D eigenvalue weighted by Crippen LogP contribution is -2.14. The molecule has 0 N–H and O–H groups in total. The Morgan fingerprint density at radius 1 is 0.181 bits per heavy atom. The number of para-hydroxylation sites is 2. The van der Waals surface area contributed by atoms with E-state index in [1.165, 1.54) is 54.9 Å². The first kappa shape index (κ1) is 42.6. The van der Waals surface area contributed by atoms with Crippen molar-refractivity contribution in [2.75, 3.05) is 9.80 Å². The van der Waals surface area contributed by atoms with Crippen molar-refractivity contribution in [3.8, 4) is 44.5 Å². The van der Waals surface area contributed by atoms with E-state index in [9.17, 15) is 0 Å². The molecule has 0 radical (unpaired) electrons. The van der Waals surface area contributed by atoms with E-state index in [4.69, 9.17) is 0 Å². The molecule has 0 spiro atoms. The maximum atomic E-state index is 2.48. The van der Waals surface area contributed by atoms with Crippen molar-refractivity contribution < 1.29 is 0 Å². The van der Waals surface area contributed by atoms with Crippen LogP contribution in [0.3, 0.4) is 0 Å². The van der Waals surface area contributed by atoms with Gasteiger partial charge >= 0.3 is 0 Å². The first-order chi connectivity index (χ1) is 35.7. The summed E-state index contributed by atoms with van der Waals surface area (Å²) in [6.07, 6.45) is 0. The van der Waals surface area contributed by atoms with Crippen LogP contribution < -0.4 is 9.80 Å². The first-order valence-electron chi connectivity index (χ1n) is 24.7. The molecule has 0 unspecified atom stereocenters. The Hall–Kier alpha value is -9.50. The second kappa shape index (κ2) is 18.4. The molecule has 0 aliphatic heterocycles. The molecule has 2 heteroatoms. The predicted molar refractivity (Wildman–Crippen MR) is 308 cm³/mol. The first-order valence-corrected chi connectivity index (χ1v) is 24.7. The van der Waals surface area contributed by atoms with E-state index < -0.39 is 0 Å². The monoisotopic (exact) mass is 916 g/mol. The number of fused-ring (bicyclic) bond motifs is 4. The number of nitrogens with zero attached hydrogens (tertiary/aromatic N) is 2. The minimum absolute atomic E-state index is 1.07. The molecule has 0 aliphatic rings. The summed E-state index contributed by atoms with van der Waals surface area (Å²) in [4.78, 5) is 4.95. The summed E-state index contributed by atoms with van der Waals surface area (Å²) in [5.41, 5.74) is 16.0. The third-order valence-electron chi connectivity index (χ3n) is 14.2. The van der Waals surface area contributed by atoms with E-state index in [1.807, 2.05) is 0 Å². The fourth-order valence-electron chi connectivity index (χ4n) is 10.8. The summed E-state index contributed by atoms with van der Waals surface area (Å²) < 4.78 is 0. The van der Waals surface area contributed by atoms with Crippen LogP contribution in [-0.4, -0.2) is 0 Å². The fourth-order valence-corrected chi connectivity index (χ4v) is 10.8. The van der Waals surface area contributed by atoms with Gasteiger partial charge in [-0.05, 0) is 127 Å². The normalized spacial score (nSPS) is 11.3. The van der Waals surface area contributed by atoms with E-state index in [0.29, 0.717) is 0 Å². The largest absolute Gasteiger partial charge is 0.309 e. The summed E-state index contributed by atoms with van der Waals surface area (Å²) in [5, 5.41) is 9.51. The maximum absolute atomic E-state index is 2.48. The molecule has 13 aromatic rings. The predicted octanol–water partition coefficient (Wildman–Crippen LogP) is 19.9. The Labute approximate surface area is 420 Å². The Morgan fingerprint density at radius 2 is 0.500 bits per heavy atom. The molecule has 0 bridgehead atoms. The van der Waals surface area contributed by atoms with Crippen molar-refractivity contribution in [1.29, 1.82) is 0 Å². The summed E-state index contributed by atoms with van der Waals surface area (Å²) in [5.74, 6) is 0. The SMILES string of the molecule is c1ccc(-c2ccc3c(N(c4ccccc4)c4ccc(-c5cccc6ccccc56)cc4)c4cc(-c5ccccc5)ccc4c(N(c4ccccc4)c4ccc(-c5cccc6ccccc56)cc4)c3c2)cc1. The molecule has 0 saturated heterocycles. The Bertz CT molecular complexity index is 3780. The van der Waals surface area contributed by atoms with Gasteiger partial charge in [0.2, 0.25) is 0 Å². The lowest BCUT2D eigenvalue weighted by atomic mass is 9.91. The zero-order chi connectivity index (χ0) is 47.8. The van der Waals surface area contributed by atoms with Gasteiger partial charge < -0.3 is 9.80 Å². The van der Waals surface area contributed by atoms with Gasteiger partial charge in [-0.25, -0.2) is 0 Å². The molecule has 72 heavy (non-hydrogen) atoms. The summed E-state index contributed by atoms with van der Waals surface area (Å²) in [6, 6.07) is 106. The van der Waals surface area contributed by atoms with Crippen molar-refractivity contribution in [3.63, 3.8) is 0 Å². The molecule has 0 aromatic heterocycles. The second-order valence-corrected chi connectivity index (χ2v) is 18.4. The zero-order valence-corrected chi connectivity index (χ0v) is 39.6. The molecule has 338 valence electrons. The standard InChI is InChI=1S/C70H48N2/c1-5-19-49(20-6-1)55-39-45-65-67(47-55)69(71(57-27-9-3-10-28-57)59-41-35-53(36-42-59)63-33-17-25-51-23-13-15-31-61(51)63)66-46-40-56(50-21-7-2-8-22-50)48-68(66)70(65)72(58-29-11-4-12-30-58)60-43-37-54(38-44-60)64-34-18-26-52-24-14-16-32-62(52)64/h1-48H. The molecular formula is C70H48N2. The van der Waals surface area contributed by atoms with E-state index in [-0.39, 0.29) is 0 Å². The van der Waals surface area contributed by atoms with Crippen LogP contribution in [0.25, 0.3) is 87.6 Å². The molecule has 0 heterocycles. The highest BCUT2D eigenvalue weighted by molar-refractivity contribution is 6.24. The third kappa shape index (κ3) is 7.73. The lowest BCUT2D eigenvalue weighted by Gasteiger charge is -2.33. The van der Waals surface area contributed by atoms with Crippen molar-refractivity contribution in [1.82, 2.24) is 0 Å². The molecule has 2 nitrogen and oxygen atoms in total. The van der Waals surface area contributed by atoms with Gasteiger partial charge in [0.1, 0.15) is 0 Å². The van der Waals surface area contributed by atoms with E-state index in [2.05, 4.69) is 301 Å². The number of anilines is 6. The van der Waals surface area contributed by atoms with Crippen LogP contribution in [0.4, 0.5) is 34.1 Å². The van der Waals surface area contributed by atoms with Crippen LogP contribution in [-0.2, 0) is 0 Å². The van der Waals surface area contributed by atoms with Crippen LogP contribution in [0.2, 0.25) is 0 Å². The van der Waals surface area contributed by atoms with Gasteiger partial charge in [-0.15, -0.1) is 0 Å². The third-order valence-corrected chi connectivity index (χ3v) is 14.2. The van der Waals surface area contributed by atoms with Crippen molar-refractivity contribution in [2.45, 2.75) is 0 Å². The highest BCUT2D eigenvalue weighted by atomic mass is 15.2.